The number of nitrogens with one attached hydrogen (secondary N) is 1. The van der Waals surface area contributed by atoms with Crippen molar-refractivity contribution in [1.29, 1.82) is 5.26 Å². The Morgan fingerprint density at radius 3 is 2.50 bits per heavy atom. The molecule has 0 aromatic heterocycles. The van der Waals surface area contributed by atoms with Gasteiger partial charge in [-0.25, -0.2) is 0 Å². The van der Waals surface area contributed by atoms with Crippen LogP contribution in [0.25, 0.3) is 0 Å². The SMILES string of the molecule is Cc1cc(C)c(C(=O)N2CCN(C(C)C)[C@H](CO)C2)cc1NC1CCN(c2ccccc2C#N)CC1. The summed E-state index contributed by atoms with van der Waals surface area (Å²) >= 11 is 0. The van der Waals surface area contributed by atoms with Crippen LogP contribution in [0.2, 0.25) is 0 Å². The number of piperazine rings is 1. The van der Waals surface area contributed by atoms with Gasteiger partial charge in [0, 0.05) is 56.1 Å². The van der Waals surface area contributed by atoms with E-state index in [1.165, 1.54) is 0 Å². The fourth-order valence-electron chi connectivity index (χ4n) is 5.63. The second-order valence-electron chi connectivity index (χ2n) is 10.4. The maximum atomic E-state index is 13.5. The lowest BCUT2D eigenvalue weighted by Crippen LogP contribution is -2.58. The van der Waals surface area contributed by atoms with Crippen molar-refractivity contribution in [3.8, 4) is 6.07 Å². The average molecular weight is 490 g/mol. The lowest BCUT2D eigenvalue weighted by atomic mass is 9.99. The van der Waals surface area contributed by atoms with Gasteiger partial charge in [0.25, 0.3) is 5.91 Å². The number of para-hydroxylation sites is 1. The molecule has 0 spiro atoms. The molecule has 0 bridgehead atoms. The van der Waals surface area contributed by atoms with Crippen molar-refractivity contribution in [2.45, 2.75) is 58.7 Å². The molecule has 0 aliphatic carbocycles. The van der Waals surface area contributed by atoms with Gasteiger partial charge >= 0.3 is 0 Å². The minimum absolute atomic E-state index is 0.0256. The highest BCUT2D eigenvalue weighted by Crippen LogP contribution is 2.28. The number of nitriles is 1. The van der Waals surface area contributed by atoms with E-state index in [-0.39, 0.29) is 18.6 Å². The predicted octanol–water partition coefficient (Wildman–Crippen LogP) is 3.78. The summed E-state index contributed by atoms with van der Waals surface area (Å²) in [6.07, 6.45) is 1.93. The minimum Gasteiger partial charge on any atom is -0.395 e. The molecule has 2 aromatic carbocycles. The summed E-state index contributed by atoms with van der Waals surface area (Å²) in [7, 11) is 0. The van der Waals surface area contributed by atoms with Crippen molar-refractivity contribution in [2.24, 2.45) is 0 Å². The molecule has 1 amide bonds. The predicted molar refractivity (Wildman–Crippen MR) is 145 cm³/mol. The zero-order valence-electron chi connectivity index (χ0n) is 22.0. The van der Waals surface area contributed by atoms with Gasteiger partial charge in [-0.2, -0.15) is 5.26 Å². The maximum Gasteiger partial charge on any atom is 0.254 e. The van der Waals surface area contributed by atoms with Gasteiger partial charge in [0.15, 0.2) is 0 Å². The zero-order valence-corrected chi connectivity index (χ0v) is 22.0. The molecule has 2 N–H and O–H groups in total. The van der Waals surface area contributed by atoms with Crippen LogP contribution < -0.4 is 10.2 Å². The van der Waals surface area contributed by atoms with Crippen LogP contribution in [0.15, 0.2) is 36.4 Å². The van der Waals surface area contributed by atoms with Crippen LogP contribution in [0.4, 0.5) is 11.4 Å². The molecule has 2 aliphatic heterocycles. The van der Waals surface area contributed by atoms with E-state index in [9.17, 15) is 15.2 Å². The molecule has 2 fully saturated rings. The lowest BCUT2D eigenvalue weighted by Gasteiger charge is -2.43. The third-order valence-electron chi connectivity index (χ3n) is 7.71. The van der Waals surface area contributed by atoms with E-state index in [4.69, 9.17) is 0 Å². The molecular formula is C29H39N5O2. The number of carbonyl (C=O) groups excluding carboxylic acids is 1. The fourth-order valence-corrected chi connectivity index (χ4v) is 5.63. The number of amides is 1. The van der Waals surface area contributed by atoms with Gasteiger partial charge in [-0.3, -0.25) is 9.69 Å². The molecule has 1 atom stereocenters. The number of hydrogen-bond donors (Lipinski definition) is 2. The standard InChI is InChI=1S/C29H39N5O2/c1-20(2)34-14-13-33(18-25(34)19-35)29(36)26-16-27(22(4)15-21(26)3)31-24-9-11-32(12-10-24)28-8-6-5-7-23(28)17-30/h5-8,15-16,20,24-25,31,35H,9-14,18-19H2,1-4H3/t25-/m0/s1. The third-order valence-corrected chi connectivity index (χ3v) is 7.71. The third kappa shape index (κ3) is 5.50. The first kappa shape index (κ1) is 26.0. The van der Waals surface area contributed by atoms with Gasteiger partial charge < -0.3 is 20.2 Å². The van der Waals surface area contributed by atoms with Gasteiger partial charge in [0.1, 0.15) is 6.07 Å². The van der Waals surface area contributed by atoms with Crippen LogP contribution in [0.3, 0.4) is 0 Å². The Kier molecular flexibility index (Phi) is 8.17. The van der Waals surface area contributed by atoms with Crippen molar-refractivity contribution in [3.05, 3.63) is 58.7 Å². The molecule has 2 aliphatic rings. The summed E-state index contributed by atoms with van der Waals surface area (Å²) in [6.45, 7) is 12.2. The molecule has 2 heterocycles. The fraction of sp³-hybridized carbons (Fsp3) is 0.517. The van der Waals surface area contributed by atoms with E-state index in [0.29, 0.717) is 25.2 Å². The number of hydrogen-bond acceptors (Lipinski definition) is 6. The van der Waals surface area contributed by atoms with Crippen molar-refractivity contribution >= 4 is 17.3 Å². The summed E-state index contributed by atoms with van der Waals surface area (Å²) in [4.78, 5) is 20.0. The molecule has 2 saturated heterocycles. The Bertz CT molecular complexity index is 1120. The Morgan fingerprint density at radius 2 is 1.83 bits per heavy atom. The van der Waals surface area contributed by atoms with Gasteiger partial charge in [0.05, 0.1) is 23.9 Å². The van der Waals surface area contributed by atoms with E-state index >= 15 is 0 Å². The molecular weight excluding hydrogens is 450 g/mol. The number of carbonyl (C=O) groups is 1. The highest BCUT2D eigenvalue weighted by molar-refractivity contribution is 5.97. The molecule has 7 heteroatoms. The second-order valence-corrected chi connectivity index (χ2v) is 10.4. The largest absolute Gasteiger partial charge is 0.395 e. The lowest BCUT2D eigenvalue weighted by molar-refractivity contribution is 0.0193. The summed E-state index contributed by atoms with van der Waals surface area (Å²) in [5.41, 5.74) is 5.60. The normalized spacial score (nSPS) is 19.4. The van der Waals surface area contributed by atoms with Gasteiger partial charge in [-0.05, 0) is 69.9 Å². The molecule has 0 unspecified atom stereocenters. The summed E-state index contributed by atoms with van der Waals surface area (Å²) in [5, 5.41) is 23.1. The first-order chi connectivity index (χ1) is 17.3. The number of aryl methyl sites for hydroxylation is 2. The zero-order chi connectivity index (χ0) is 25.8. The second kappa shape index (κ2) is 11.3. The Labute approximate surface area is 215 Å². The Hall–Kier alpha value is -3.08. The summed E-state index contributed by atoms with van der Waals surface area (Å²) < 4.78 is 0. The summed E-state index contributed by atoms with van der Waals surface area (Å²) in [6, 6.07) is 14.8. The number of aliphatic hydroxyl groups is 1. The summed E-state index contributed by atoms with van der Waals surface area (Å²) in [5.74, 6) is 0.0420. The number of piperidine rings is 1. The molecule has 36 heavy (non-hydrogen) atoms. The highest BCUT2D eigenvalue weighted by Gasteiger charge is 2.31. The van der Waals surface area contributed by atoms with Crippen molar-refractivity contribution < 1.29 is 9.90 Å². The van der Waals surface area contributed by atoms with Gasteiger partial charge in [0.2, 0.25) is 0 Å². The number of rotatable bonds is 6. The molecule has 4 rings (SSSR count). The minimum atomic E-state index is -0.0256. The number of benzene rings is 2. The van der Waals surface area contributed by atoms with Crippen LogP contribution in [0.1, 0.15) is 53.7 Å². The van der Waals surface area contributed by atoms with Crippen molar-refractivity contribution in [1.82, 2.24) is 9.80 Å². The van der Waals surface area contributed by atoms with Gasteiger partial charge in [-0.15, -0.1) is 0 Å². The highest BCUT2D eigenvalue weighted by atomic mass is 16.3. The number of anilines is 2. The van der Waals surface area contributed by atoms with Gasteiger partial charge in [-0.1, -0.05) is 18.2 Å². The van der Waals surface area contributed by atoms with Crippen molar-refractivity contribution in [3.63, 3.8) is 0 Å². The van der Waals surface area contributed by atoms with E-state index in [1.807, 2.05) is 42.2 Å². The Morgan fingerprint density at radius 1 is 1.11 bits per heavy atom. The average Bonchev–Trinajstić information content (AvgIpc) is 2.89. The molecule has 7 nitrogen and oxygen atoms in total. The number of nitrogens with zero attached hydrogens (tertiary/aromatic N) is 4. The molecule has 2 aromatic rings. The van der Waals surface area contributed by atoms with Crippen LogP contribution in [-0.4, -0.2) is 78.3 Å². The van der Waals surface area contributed by atoms with E-state index < -0.39 is 0 Å². The van der Waals surface area contributed by atoms with Crippen LogP contribution in [-0.2, 0) is 0 Å². The molecule has 192 valence electrons. The van der Waals surface area contributed by atoms with E-state index in [0.717, 1.165) is 66.1 Å². The van der Waals surface area contributed by atoms with Crippen LogP contribution >= 0.6 is 0 Å². The number of aliphatic hydroxyl groups excluding tert-OH is 1. The quantitative estimate of drug-likeness (QED) is 0.643. The smallest absolute Gasteiger partial charge is 0.254 e. The van der Waals surface area contributed by atoms with E-state index in [2.05, 4.69) is 48.0 Å². The van der Waals surface area contributed by atoms with E-state index in [1.54, 1.807) is 0 Å². The first-order valence-corrected chi connectivity index (χ1v) is 13.1. The maximum absolute atomic E-state index is 13.5. The molecule has 0 radical (unpaired) electrons. The van der Waals surface area contributed by atoms with Crippen LogP contribution in [0, 0.1) is 25.2 Å². The Balaban J connectivity index is 1.43. The first-order valence-electron chi connectivity index (χ1n) is 13.1. The topological polar surface area (TPSA) is 82.8 Å². The monoisotopic (exact) mass is 489 g/mol. The van der Waals surface area contributed by atoms with Crippen LogP contribution in [0.5, 0.6) is 0 Å². The molecule has 0 saturated carbocycles. The van der Waals surface area contributed by atoms with Crippen molar-refractivity contribution in [2.75, 3.05) is 49.5 Å².